The maximum absolute atomic E-state index is 12.0. The molecule has 0 saturated carbocycles. The lowest BCUT2D eigenvalue weighted by molar-refractivity contribution is -0.137. The summed E-state index contributed by atoms with van der Waals surface area (Å²) in [6.07, 6.45) is 3.03. The van der Waals surface area contributed by atoms with Gasteiger partial charge in [0.25, 0.3) is 0 Å². The highest BCUT2D eigenvalue weighted by Gasteiger charge is 2.10. The Hall–Kier alpha value is -1.82. The van der Waals surface area contributed by atoms with E-state index in [9.17, 15) is 9.59 Å². The van der Waals surface area contributed by atoms with E-state index < -0.39 is 5.97 Å². The fourth-order valence-electron chi connectivity index (χ4n) is 1.76. The molecule has 0 fully saturated rings. The van der Waals surface area contributed by atoms with Crippen molar-refractivity contribution in [3.63, 3.8) is 0 Å². The number of amides is 1. The predicted molar refractivity (Wildman–Crippen MR) is 84.2 cm³/mol. The monoisotopic (exact) mass is 355 g/mol. The first-order valence-electron chi connectivity index (χ1n) is 6.50. The van der Waals surface area contributed by atoms with Crippen LogP contribution in [0.5, 0.6) is 5.75 Å². The van der Waals surface area contributed by atoms with Crippen LogP contribution in [0.1, 0.15) is 18.9 Å². The first kappa shape index (κ1) is 17.2. The molecule has 6 heteroatoms. The first-order valence-corrected chi connectivity index (χ1v) is 7.29. The van der Waals surface area contributed by atoms with Crippen LogP contribution < -0.4 is 4.74 Å². The summed E-state index contributed by atoms with van der Waals surface area (Å²) in [6.45, 7) is 2.48. The van der Waals surface area contributed by atoms with E-state index in [1.807, 2.05) is 19.1 Å². The van der Waals surface area contributed by atoms with Crippen molar-refractivity contribution >= 4 is 33.9 Å². The smallest absolute Gasteiger partial charge is 0.305 e. The van der Waals surface area contributed by atoms with Gasteiger partial charge in [0, 0.05) is 29.2 Å². The molecule has 5 nitrogen and oxygen atoms in total. The van der Waals surface area contributed by atoms with E-state index >= 15 is 0 Å². The van der Waals surface area contributed by atoms with Crippen LogP contribution in [0.15, 0.2) is 28.7 Å². The van der Waals surface area contributed by atoms with Gasteiger partial charge in [-0.1, -0.05) is 15.9 Å². The zero-order valence-electron chi connectivity index (χ0n) is 12.0. The quantitative estimate of drug-likeness (QED) is 0.763. The second kappa shape index (κ2) is 8.46. The van der Waals surface area contributed by atoms with Crippen molar-refractivity contribution in [1.82, 2.24) is 4.90 Å². The molecule has 0 aliphatic rings. The fraction of sp³-hybridized carbons (Fsp3) is 0.333. The van der Waals surface area contributed by atoms with Crippen molar-refractivity contribution in [2.24, 2.45) is 0 Å². The fourth-order valence-corrected chi connectivity index (χ4v) is 2.14. The molecule has 1 aromatic carbocycles. The number of hydrogen-bond acceptors (Lipinski definition) is 3. The third-order valence-corrected chi connectivity index (χ3v) is 3.38. The maximum atomic E-state index is 12.0. The minimum Gasteiger partial charge on any atom is -0.496 e. The van der Waals surface area contributed by atoms with E-state index in [1.54, 1.807) is 19.3 Å². The summed E-state index contributed by atoms with van der Waals surface area (Å²) in [7, 11) is 1.56. The Balaban J connectivity index is 2.80. The molecule has 0 saturated heterocycles. The lowest BCUT2D eigenvalue weighted by Crippen LogP contribution is -2.31. The molecule has 0 atom stereocenters. The Morgan fingerprint density at radius 1 is 1.43 bits per heavy atom. The standard InChI is InChI=1S/C15H18BrNO4/c1-3-17(9-8-15(19)20)14(18)7-4-11-10-12(16)5-6-13(11)21-2/h4-7,10H,3,8-9H2,1-2H3,(H,19,20)/b7-4+. The number of carbonyl (C=O) groups is 2. The number of halogens is 1. The van der Waals surface area contributed by atoms with Gasteiger partial charge in [0.15, 0.2) is 0 Å². The highest BCUT2D eigenvalue weighted by atomic mass is 79.9. The number of aliphatic carboxylic acids is 1. The van der Waals surface area contributed by atoms with Gasteiger partial charge in [-0.3, -0.25) is 9.59 Å². The lowest BCUT2D eigenvalue weighted by Gasteiger charge is -2.17. The average Bonchev–Trinajstić information content (AvgIpc) is 2.45. The minimum absolute atomic E-state index is 0.0619. The molecule has 1 amide bonds. The highest BCUT2D eigenvalue weighted by molar-refractivity contribution is 9.10. The third-order valence-electron chi connectivity index (χ3n) is 2.89. The number of nitrogens with zero attached hydrogens (tertiary/aromatic N) is 1. The van der Waals surface area contributed by atoms with Crippen LogP contribution in [0.25, 0.3) is 6.08 Å². The second-order valence-corrected chi connectivity index (χ2v) is 5.20. The summed E-state index contributed by atoms with van der Waals surface area (Å²) in [5.41, 5.74) is 0.773. The summed E-state index contributed by atoms with van der Waals surface area (Å²) in [4.78, 5) is 24.1. The van der Waals surface area contributed by atoms with Crippen molar-refractivity contribution in [1.29, 1.82) is 0 Å². The van der Waals surface area contributed by atoms with E-state index in [0.29, 0.717) is 12.3 Å². The lowest BCUT2D eigenvalue weighted by atomic mass is 10.2. The zero-order valence-corrected chi connectivity index (χ0v) is 13.6. The number of methoxy groups -OCH3 is 1. The van der Waals surface area contributed by atoms with Crippen LogP contribution in [0.4, 0.5) is 0 Å². The molecule has 0 unspecified atom stereocenters. The first-order chi connectivity index (χ1) is 9.97. The molecule has 1 N–H and O–H groups in total. The van der Waals surface area contributed by atoms with Crippen LogP contribution in [-0.4, -0.2) is 42.1 Å². The van der Waals surface area contributed by atoms with Gasteiger partial charge in [0.05, 0.1) is 13.5 Å². The number of rotatable bonds is 7. The second-order valence-electron chi connectivity index (χ2n) is 4.28. The Labute approximate surface area is 132 Å². The van der Waals surface area contributed by atoms with Crippen LogP contribution in [0.2, 0.25) is 0 Å². The molecule has 1 rings (SSSR count). The topological polar surface area (TPSA) is 66.8 Å². The number of benzene rings is 1. The van der Waals surface area contributed by atoms with Crippen molar-refractivity contribution in [3.05, 3.63) is 34.3 Å². The molecular weight excluding hydrogens is 338 g/mol. The van der Waals surface area contributed by atoms with Crippen LogP contribution >= 0.6 is 15.9 Å². The summed E-state index contributed by atoms with van der Waals surface area (Å²) in [5, 5.41) is 8.67. The Morgan fingerprint density at radius 2 is 2.14 bits per heavy atom. The molecule has 0 aliphatic heterocycles. The number of hydrogen-bond donors (Lipinski definition) is 1. The normalized spacial score (nSPS) is 10.6. The maximum Gasteiger partial charge on any atom is 0.305 e. The molecule has 0 spiro atoms. The third kappa shape index (κ3) is 5.59. The summed E-state index contributed by atoms with van der Waals surface area (Å²) < 4.78 is 6.11. The molecule has 0 aliphatic carbocycles. The van der Waals surface area contributed by atoms with Gasteiger partial charge in [-0.25, -0.2) is 0 Å². The van der Waals surface area contributed by atoms with Gasteiger partial charge in [0.1, 0.15) is 5.75 Å². The number of carboxylic acids is 1. The number of likely N-dealkylation sites (N-methyl/N-ethyl adjacent to an activating group) is 1. The molecule has 1 aromatic rings. The number of ether oxygens (including phenoxy) is 1. The molecule has 21 heavy (non-hydrogen) atoms. The number of carboxylic acid groups (broad SMARTS) is 1. The van der Waals surface area contributed by atoms with Gasteiger partial charge < -0.3 is 14.7 Å². The van der Waals surface area contributed by atoms with Crippen molar-refractivity contribution in [3.8, 4) is 5.75 Å². The molecule has 0 heterocycles. The van der Waals surface area contributed by atoms with Crippen LogP contribution in [-0.2, 0) is 9.59 Å². The minimum atomic E-state index is -0.918. The summed E-state index contributed by atoms with van der Waals surface area (Å²) >= 11 is 3.37. The van der Waals surface area contributed by atoms with E-state index in [-0.39, 0.29) is 18.9 Å². The molecule has 0 radical (unpaired) electrons. The van der Waals surface area contributed by atoms with Crippen molar-refractivity contribution in [2.45, 2.75) is 13.3 Å². The molecule has 0 aromatic heterocycles. The van der Waals surface area contributed by atoms with Gasteiger partial charge in [-0.05, 0) is 31.2 Å². The van der Waals surface area contributed by atoms with Crippen LogP contribution in [0.3, 0.4) is 0 Å². The van der Waals surface area contributed by atoms with E-state index in [2.05, 4.69) is 15.9 Å². The van der Waals surface area contributed by atoms with E-state index in [4.69, 9.17) is 9.84 Å². The molecule has 114 valence electrons. The van der Waals surface area contributed by atoms with Crippen molar-refractivity contribution in [2.75, 3.05) is 20.2 Å². The summed E-state index contributed by atoms with van der Waals surface area (Å²) in [5.74, 6) is -0.476. The van der Waals surface area contributed by atoms with Crippen molar-refractivity contribution < 1.29 is 19.4 Å². The largest absolute Gasteiger partial charge is 0.496 e. The van der Waals surface area contributed by atoms with Gasteiger partial charge in [-0.15, -0.1) is 0 Å². The van der Waals surface area contributed by atoms with Gasteiger partial charge >= 0.3 is 5.97 Å². The predicted octanol–water partition coefficient (Wildman–Crippen LogP) is 2.79. The van der Waals surface area contributed by atoms with Gasteiger partial charge in [0.2, 0.25) is 5.91 Å². The van der Waals surface area contributed by atoms with Gasteiger partial charge in [-0.2, -0.15) is 0 Å². The van der Waals surface area contributed by atoms with Crippen LogP contribution in [0, 0.1) is 0 Å². The average molecular weight is 356 g/mol. The summed E-state index contributed by atoms with van der Waals surface area (Å²) in [6, 6.07) is 5.50. The molecular formula is C15H18BrNO4. The molecule has 0 bridgehead atoms. The zero-order chi connectivity index (χ0) is 15.8. The van der Waals surface area contributed by atoms with E-state index in [0.717, 1.165) is 10.0 Å². The Bertz CT molecular complexity index is 542. The number of carbonyl (C=O) groups excluding carboxylic acids is 1. The Morgan fingerprint density at radius 3 is 2.71 bits per heavy atom. The Kier molecular flexibility index (Phi) is 6.94. The van der Waals surface area contributed by atoms with E-state index in [1.165, 1.54) is 11.0 Å². The highest BCUT2D eigenvalue weighted by Crippen LogP contribution is 2.24. The SMILES string of the molecule is CCN(CCC(=O)O)C(=O)/C=C/c1cc(Br)ccc1OC.